The molecule has 1 heterocycles. The SMILES string of the molecule is CCc1nn(C2CCCC2)c2cc(C(=O)OCCC(=O)NOCc3ccccc3)ccc12. The van der Waals surface area contributed by atoms with Gasteiger partial charge < -0.3 is 4.74 Å². The Morgan fingerprint density at radius 1 is 1.12 bits per heavy atom. The minimum absolute atomic E-state index is 0.0144. The van der Waals surface area contributed by atoms with E-state index in [1.165, 1.54) is 12.8 Å². The molecule has 168 valence electrons. The number of carbonyl (C=O) groups is 2. The minimum atomic E-state index is -0.442. The average molecular weight is 436 g/mol. The summed E-state index contributed by atoms with van der Waals surface area (Å²) < 4.78 is 7.42. The van der Waals surface area contributed by atoms with Gasteiger partial charge in [0, 0.05) is 5.39 Å². The van der Waals surface area contributed by atoms with Gasteiger partial charge in [-0.2, -0.15) is 5.10 Å². The number of nitrogens with zero attached hydrogens (tertiary/aromatic N) is 2. The fourth-order valence-corrected chi connectivity index (χ4v) is 4.16. The second-order valence-corrected chi connectivity index (χ2v) is 8.10. The van der Waals surface area contributed by atoms with Gasteiger partial charge in [-0.05, 0) is 37.0 Å². The number of hydrogen-bond donors (Lipinski definition) is 1. The molecule has 0 saturated heterocycles. The summed E-state index contributed by atoms with van der Waals surface area (Å²) in [4.78, 5) is 29.7. The maximum Gasteiger partial charge on any atom is 0.338 e. The van der Waals surface area contributed by atoms with Gasteiger partial charge in [-0.25, -0.2) is 10.3 Å². The minimum Gasteiger partial charge on any atom is -0.462 e. The molecule has 0 unspecified atom stereocenters. The number of hydrogen-bond acceptors (Lipinski definition) is 5. The molecule has 1 N–H and O–H groups in total. The summed E-state index contributed by atoms with van der Waals surface area (Å²) in [5.41, 5.74) is 5.84. The van der Waals surface area contributed by atoms with Gasteiger partial charge >= 0.3 is 5.97 Å². The quantitative estimate of drug-likeness (QED) is 0.395. The van der Waals surface area contributed by atoms with Crippen molar-refractivity contribution in [2.45, 2.75) is 58.1 Å². The van der Waals surface area contributed by atoms with Crippen LogP contribution in [0.1, 0.15) is 66.7 Å². The lowest BCUT2D eigenvalue weighted by molar-refractivity contribution is -0.135. The lowest BCUT2D eigenvalue weighted by Gasteiger charge is -2.12. The first-order valence-corrected chi connectivity index (χ1v) is 11.3. The van der Waals surface area contributed by atoms with Crippen LogP contribution in [0, 0.1) is 0 Å². The molecule has 3 aromatic rings. The van der Waals surface area contributed by atoms with E-state index in [0.29, 0.717) is 11.6 Å². The molecule has 1 saturated carbocycles. The zero-order valence-electron chi connectivity index (χ0n) is 18.4. The summed E-state index contributed by atoms with van der Waals surface area (Å²) >= 11 is 0. The van der Waals surface area contributed by atoms with Crippen LogP contribution in [0.15, 0.2) is 48.5 Å². The Hall–Kier alpha value is -3.19. The Kier molecular flexibility index (Phi) is 7.17. The summed E-state index contributed by atoms with van der Waals surface area (Å²) in [7, 11) is 0. The number of hydroxylamine groups is 1. The maximum absolute atomic E-state index is 12.6. The van der Waals surface area contributed by atoms with Gasteiger partial charge in [0.25, 0.3) is 0 Å². The number of ether oxygens (including phenoxy) is 1. The standard InChI is InChI=1S/C25H29N3O4/c1-2-22-21-13-12-19(16-23(21)28(26-22)20-10-6-7-11-20)25(30)31-15-14-24(29)27-32-17-18-8-4-3-5-9-18/h3-5,8-9,12-13,16,20H,2,6-7,10-11,14-15,17H2,1H3,(H,27,29). The van der Waals surface area contributed by atoms with Crippen LogP contribution in [0.5, 0.6) is 0 Å². The van der Waals surface area contributed by atoms with Gasteiger partial charge in [0.05, 0.1) is 35.8 Å². The van der Waals surface area contributed by atoms with E-state index in [1.807, 2.05) is 42.5 Å². The number of esters is 1. The van der Waals surface area contributed by atoms with E-state index in [4.69, 9.17) is 14.7 Å². The molecule has 0 spiro atoms. The van der Waals surface area contributed by atoms with Gasteiger partial charge in [-0.3, -0.25) is 14.3 Å². The van der Waals surface area contributed by atoms with E-state index in [1.54, 1.807) is 6.07 Å². The molecule has 0 bridgehead atoms. The van der Waals surface area contributed by atoms with Crippen LogP contribution in [0.25, 0.3) is 10.9 Å². The number of aromatic nitrogens is 2. The third-order valence-electron chi connectivity index (χ3n) is 5.86. The molecule has 1 amide bonds. The summed E-state index contributed by atoms with van der Waals surface area (Å²) in [6.45, 7) is 2.36. The van der Waals surface area contributed by atoms with Crippen molar-refractivity contribution in [3.05, 3.63) is 65.4 Å². The lowest BCUT2D eigenvalue weighted by atomic mass is 10.1. The van der Waals surface area contributed by atoms with Crippen LogP contribution in [0.4, 0.5) is 0 Å². The first kappa shape index (κ1) is 22.0. The lowest BCUT2D eigenvalue weighted by Crippen LogP contribution is -2.25. The number of amides is 1. The predicted molar refractivity (Wildman–Crippen MR) is 121 cm³/mol. The summed E-state index contributed by atoms with van der Waals surface area (Å²) in [6, 6.07) is 15.5. The number of aryl methyl sites for hydroxylation is 1. The summed E-state index contributed by atoms with van der Waals surface area (Å²) in [5.74, 6) is -0.779. The molecule has 1 aliphatic rings. The second-order valence-electron chi connectivity index (χ2n) is 8.10. The van der Waals surface area contributed by atoms with Gasteiger partial charge in [0.1, 0.15) is 6.61 Å². The second kappa shape index (κ2) is 10.4. The molecular weight excluding hydrogens is 406 g/mol. The molecule has 7 heteroatoms. The normalized spacial score (nSPS) is 14.0. The van der Waals surface area contributed by atoms with E-state index in [2.05, 4.69) is 17.1 Å². The van der Waals surface area contributed by atoms with E-state index in [0.717, 1.165) is 41.4 Å². The molecule has 0 atom stereocenters. The van der Waals surface area contributed by atoms with Gasteiger partial charge in [0.15, 0.2) is 0 Å². The molecular formula is C25H29N3O4. The average Bonchev–Trinajstić information content (AvgIpc) is 3.47. The van der Waals surface area contributed by atoms with Crippen LogP contribution >= 0.6 is 0 Å². The highest BCUT2D eigenvalue weighted by Gasteiger charge is 2.22. The number of fused-ring (bicyclic) bond motifs is 1. The smallest absolute Gasteiger partial charge is 0.338 e. The monoisotopic (exact) mass is 435 g/mol. The third kappa shape index (κ3) is 5.16. The molecule has 0 radical (unpaired) electrons. The third-order valence-corrected chi connectivity index (χ3v) is 5.86. The fraction of sp³-hybridized carbons (Fsp3) is 0.400. The Morgan fingerprint density at radius 2 is 1.91 bits per heavy atom. The van der Waals surface area contributed by atoms with Crippen molar-refractivity contribution in [2.24, 2.45) is 0 Å². The van der Waals surface area contributed by atoms with Gasteiger partial charge in [0.2, 0.25) is 5.91 Å². The number of nitrogens with one attached hydrogen (secondary N) is 1. The van der Waals surface area contributed by atoms with Gasteiger partial charge in [-0.15, -0.1) is 0 Å². The highest BCUT2D eigenvalue weighted by molar-refractivity contribution is 5.95. The summed E-state index contributed by atoms with van der Waals surface area (Å²) in [6.07, 6.45) is 5.55. The zero-order valence-corrected chi connectivity index (χ0v) is 18.4. The van der Waals surface area contributed by atoms with Crippen LogP contribution in [0.3, 0.4) is 0 Å². The van der Waals surface area contributed by atoms with Crippen LogP contribution in [0.2, 0.25) is 0 Å². The summed E-state index contributed by atoms with van der Waals surface area (Å²) in [5, 5.41) is 5.91. The first-order chi connectivity index (χ1) is 15.7. The Labute approximate surface area is 187 Å². The van der Waals surface area contributed by atoms with E-state index < -0.39 is 5.97 Å². The molecule has 7 nitrogen and oxygen atoms in total. The molecule has 0 aliphatic heterocycles. The topological polar surface area (TPSA) is 82.5 Å². The Balaban J connectivity index is 1.31. The Morgan fingerprint density at radius 3 is 2.66 bits per heavy atom. The van der Waals surface area contributed by atoms with Crippen molar-refractivity contribution in [1.29, 1.82) is 0 Å². The Bertz CT molecular complexity index is 1070. The van der Waals surface area contributed by atoms with Crippen LogP contribution in [-0.2, 0) is 27.4 Å². The van der Waals surface area contributed by atoms with Crippen molar-refractivity contribution in [3.63, 3.8) is 0 Å². The molecule has 32 heavy (non-hydrogen) atoms. The van der Waals surface area contributed by atoms with E-state index >= 15 is 0 Å². The van der Waals surface area contributed by atoms with Crippen molar-refractivity contribution in [1.82, 2.24) is 15.3 Å². The maximum atomic E-state index is 12.6. The highest BCUT2D eigenvalue weighted by atomic mass is 16.6. The molecule has 1 aromatic heterocycles. The number of benzene rings is 2. The highest BCUT2D eigenvalue weighted by Crippen LogP contribution is 2.33. The van der Waals surface area contributed by atoms with Crippen LogP contribution in [-0.4, -0.2) is 28.3 Å². The first-order valence-electron chi connectivity index (χ1n) is 11.3. The molecule has 1 fully saturated rings. The predicted octanol–water partition coefficient (Wildman–Crippen LogP) is 4.51. The molecule has 4 rings (SSSR count). The molecule has 1 aliphatic carbocycles. The van der Waals surface area contributed by atoms with Crippen molar-refractivity contribution >= 4 is 22.8 Å². The van der Waals surface area contributed by atoms with Gasteiger partial charge in [-0.1, -0.05) is 56.2 Å². The van der Waals surface area contributed by atoms with E-state index in [-0.39, 0.29) is 25.5 Å². The van der Waals surface area contributed by atoms with Crippen molar-refractivity contribution < 1.29 is 19.2 Å². The van der Waals surface area contributed by atoms with Crippen molar-refractivity contribution in [3.8, 4) is 0 Å². The number of carbonyl (C=O) groups excluding carboxylic acids is 2. The van der Waals surface area contributed by atoms with Crippen LogP contribution < -0.4 is 5.48 Å². The zero-order chi connectivity index (χ0) is 22.3. The van der Waals surface area contributed by atoms with E-state index in [9.17, 15) is 9.59 Å². The largest absolute Gasteiger partial charge is 0.462 e. The fourth-order valence-electron chi connectivity index (χ4n) is 4.16. The van der Waals surface area contributed by atoms with Crippen molar-refractivity contribution in [2.75, 3.05) is 6.61 Å². The number of rotatable bonds is 9. The molecule has 2 aromatic carbocycles.